The van der Waals surface area contributed by atoms with Gasteiger partial charge in [-0.1, -0.05) is 12.1 Å². The van der Waals surface area contributed by atoms with E-state index in [0.29, 0.717) is 37.1 Å². The molecule has 1 aliphatic rings. The van der Waals surface area contributed by atoms with E-state index in [1.807, 2.05) is 6.07 Å². The van der Waals surface area contributed by atoms with Crippen molar-refractivity contribution in [3.63, 3.8) is 0 Å². The maximum absolute atomic E-state index is 12.4. The number of fused-ring (bicyclic) bond motifs is 1. The Balaban J connectivity index is 0.00000192. The van der Waals surface area contributed by atoms with Gasteiger partial charge in [-0.3, -0.25) is 14.2 Å². The van der Waals surface area contributed by atoms with Gasteiger partial charge < -0.3 is 15.4 Å². The van der Waals surface area contributed by atoms with E-state index in [1.165, 1.54) is 10.9 Å². The fourth-order valence-electron chi connectivity index (χ4n) is 2.55. The van der Waals surface area contributed by atoms with E-state index < -0.39 is 0 Å². The lowest BCUT2D eigenvalue weighted by molar-refractivity contribution is -0.139. The third-order valence-electron chi connectivity index (χ3n) is 3.79. The van der Waals surface area contributed by atoms with Crippen molar-refractivity contribution in [2.45, 2.75) is 12.6 Å². The molecule has 0 radical (unpaired) electrons. The van der Waals surface area contributed by atoms with Crippen molar-refractivity contribution in [1.29, 1.82) is 0 Å². The summed E-state index contributed by atoms with van der Waals surface area (Å²) < 4.78 is 6.78. The van der Waals surface area contributed by atoms with Gasteiger partial charge in [-0.05, 0) is 12.1 Å². The summed E-state index contributed by atoms with van der Waals surface area (Å²) in [5, 5.41) is 0.514. The number of ether oxygens (including phenoxy) is 1. The van der Waals surface area contributed by atoms with Gasteiger partial charge in [-0.2, -0.15) is 0 Å². The molecule has 1 saturated heterocycles. The van der Waals surface area contributed by atoms with Crippen LogP contribution in [0.3, 0.4) is 0 Å². The Hall–Kier alpha value is -1.96. The van der Waals surface area contributed by atoms with Gasteiger partial charge >= 0.3 is 0 Å². The number of morpholine rings is 1. The van der Waals surface area contributed by atoms with Crippen LogP contribution in [-0.4, -0.2) is 52.7 Å². The predicted octanol–water partition coefficient (Wildman–Crippen LogP) is 0.00440. The van der Waals surface area contributed by atoms with Crippen molar-refractivity contribution in [2.75, 3.05) is 26.2 Å². The zero-order chi connectivity index (χ0) is 15.5. The average Bonchev–Trinajstić information content (AvgIpc) is 2.57. The van der Waals surface area contributed by atoms with Crippen molar-refractivity contribution < 1.29 is 9.53 Å². The Morgan fingerprint density at radius 1 is 1.39 bits per heavy atom. The first-order valence-electron chi connectivity index (χ1n) is 7.22. The molecule has 2 aromatic rings. The van der Waals surface area contributed by atoms with Crippen LogP contribution < -0.4 is 11.3 Å². The molecule has 1 atom stereocenters. The Bertz CT molecular complexity index is 749. The highest BCUT2D eigenvalue weighted by Crippen LogP contribution is 2.07. The van der Waals surface area contributed by atoms with E-state index in [2.05, 4.69) is 4.98 Å². The van der Waals surface area contributed by atoms with Crippen LogP contribution in [0.2, 0.25) is 0 Å². The summed E-state index contributed by atoms with van der Waals surface area (Å²) in [6.07, 6.45) is 1.29. The van der Waals surface area contributed by atoms with Gasteiger partial charge in [0.05, 0.1) is 29.9 Å². The smallest absolute Gasteiger partial charge is 0.261 e. The molecule has 0 spiro atoms. The largest absolute Gasteiger partial charge is 0.373 e. The minimum Gasteiger partial charge on any atom is -0.373 e. The van der Waals surface area contributed by atoms with Crippen LogP contribution in [0, 0.1) is 0 Å². The minimum absolute atomic E-state index is 0. The number of amides is 1. The van der Waals surface area contributed by atoms with E-state index in [9.17, 15) is 9.59 Å². The quantitative estimate of drug-likeness (QED) is 0.851. The number of aromatic nitrogens is 2. The SMILES string of the molecule is Cl.NCC1CN(C(=O)Cn2cnc3ccccc3c2=O)CCO1. The van der Waals surface area contributed by atoms with Crippen LogP contribution in [0.4, 0.5) is 0 Å². The first-order chi connectivity index (χ1) is 10.7. The van der Waals surface area contributed by atoms with E-state index in [4.69, 9.17) is 10.5 Å². The molecule has 8 heteroatoms. The molecule has 0 bridgehead atoms. The summed E-state index contributed by atoms with van der Waals surface area (Å²) in [5.74, 6) is -0.124. The minimum atomic E-state index is -0.206. The summed E-state index contributed by atoms with van der Waals surface area (Å²) in [5.41, 5.74) is 6.00. The summed E-state index contributed by atoms with van der Waals surface area (Å²) in [7, 11) is 0. The monoisotopic (exact) mass is 338 g/mol. The van der Waals surface area contributed by atoms with Crippen molar-refractivity contribution in [3.05, 3.63) is 40.9 Å². The van der Waals surface area contributed by atoms with Crippen molar-refractivity contribution >= 4 is 29.2 Å². The topological polar surface area (TPSA) is 90.5 Å². The van der Waals surface area contributed by atoms with Gasteiger partial charge in [-0.15, -0.1) is 12.4 Å². The second-order valence-electron chi connectivity index (χ2n) is 5.26. The molecule has 124 valence electrons. The van der Waals surface area contributed by atoms with E-state index >= 15 is 0 Å². The Kier molecular flexibility index (Phi) is 5.70. The molecule has 2 heterocycles. The number of carbonyl (C=O) groups is 1. The van der Waals surface area contributed by atoms with E-state index in [-0.39, 0.29) is 36.5 Å². The van der Waals surface area contributed by atoms with Crippen LogP contribution in [0.5, 0.6) is 0 Å². The van der Waals surface area contributed by atoms with Crippen molar-refractivity contribution in [2.24, 2.45) is 5.73 Å². The Morgan fingerprint density at radius 3 is 2.96 bits per heavy atom. The molecular weight excluding hydrogens is 320 g/mol. The van der Waals surface area contributed by atoms with Crippen LogP contribution in [0.1, 0.15) is 0 Å². The van der Waals surface area contributed by atoms with Gasteiger partial charge in [0, 0.05) is 19.6 Å². The summed E-state index contributed by atoms with van der Waals surface area (Å²) in [4.78, 5) is 30.6. The number of rotatable bonds is 3. The number of benzene rings is 1. The number of nitrogens with two attached hydrogens (primary N) is 1. The predicted molar refractivity (Wildman–Crippen MR) is 88.6 cm³/mol. The molecule has 1 aromatic carbocycles. The normalized spacial score (nSPS) is 17.8. The summed E-state index contributed by atoms with van der Waals surface area (Å²) in [6, 6.07) is 7.10. The molecule has 1 aliphatic heterocycles. The van der Waals surface area contributed by atoms with Gasteiger partial charge in [-0.25, -0.2) is 4.98 Å². The molecule has 2 N–H and O–H groups in total. The molecular formula is C15H19ClN4O3. The highest BCUT2D eigenvalue weighted by molar-refractivity contribution is 5.85. The van der Waals surface area contributed by atoms with Crippen LogP contribution in [0.25, 0.3) is 10.9 Å². The lowest BCUT2D eigenvalue weighted by atomic mass is 10.2. The fraction of sp³-hybridized carbons (Fsp3) is 0.400. The molecule has 1 unspecified atom stereocenters. The van der Waals surface area contributed by atoms with Gasteiger partial charge in [0.25, 0.3) is 5.56 Å². The summed E-state index contributed by atoms with van der Waals surface area (Å²) in [6.45, 7) is 1.81. The van der Waals surface area contributed by atoms with Crippen LogP contribution in [0.15, 0.2) is 35.4 Å². The number of hydrogen-bond acceptors (Lipinski definition) is 5. The third-order valence-corrected chi connectivity index (χ3v) is 3.79. The molecule has 23 heavy (non-hydrogen) atoms. The molecule has 0 aliphatic carbocycles. The van der Waals surface area contributed by atoms with Crippen LogP contribution >= 0.6 is 12.4 Å². The molecule has 1 aromatic heterocycles. The van der Waals surface area contributed by atoms with E-state index in [1.54, 1.807) is 23.1 Å². The number of halogens is 1. The first kappa shape index (κ1) is 17.4. The zero-order valence-electron chi connectivity index (χ0n) is 12.6. The second-order valence-corrected chi connectivity index (χ2v) is 5.26. The molecule has 0 saturated carbocycles. The lowest BCUT2D eigenvalue weighted by Gasteiger charge is -2.32. The number of hydrogen-bond donors (Lipinski definition) is 1. The Morgan fingerprint density at radius 2 is 2.17 bits per heavy atom. The maximum atomic E-state index is 12.4. The molecule has 1 fully saturated rings. The number of carbonyl (C=O) groups excluding carboxylic acids is 1. The lowest BCUT2D eigenvalue weighted by Crippen LogP contribution is -2.49. The van der Waals surface area contributed by atoms with Crippen molar-refractivity contribution in [1.82, 2.24) is 14.5 Å². The highest BCUT2D eigenvalue weighted by Gasteiger charge is 2.23. The van der Waals surface area contributed by atoms with E-state index in [0.717, 1.165) is 0 Å². The maximum Gasteiger partial charge on any atom is 0.261 e. The average molecular weight is 339 g/mol. The highest BCUT2D eigenvalue weighted by atomic mass is 35.5. The number of nitrogens with zero attached hydrogens (tertiary/aromatic N) is 3. The van der Waals surface area contributed by atoms with Crippen molar-refractivity contribution in [3.8, 4) is 0 Å². The summed E-state index contributed by atoms with van der Waals surface area (Å²) >= 11 is 0. The van der Waals surface area contributed by atoms with Gasteiger partial charge in [0.1, 0.15) is 6.54 Å². The van der Waals surface area contributed by atoms with Crippen LogP contribution in [-0.2, 0) is 16.1 Å². The third kappa shape index (κ3) is 3.69. The molecule has 7 nitrogen and oxygen atoms in total. The standard InChI is InChI=1S/C15H18N4O3.ClH/c16-7-11-8-18(5-6-22-11)14(20)9-19-10-17-13-4-2-1-3-12(13)15(19)21;/h1-4,10-11H,5-9,16H2;1H. The van der Waals surface area contributed by atoms with Gasteiger partial charge in [0.15, 0.2) is 0 Å². The fourth-order valence-corrected chi connectivity index (χ4v) is 2.55. The molecule has 3 rings (SSSR count). The molecule has 1 amide bonds. The van der Waals surface area contributed by atoms with Gasteiger partial charge in [0.2, 0.25) is 5.91 Å². The first-order valence-corrected chi connectivity index (χ1v) is 7.22. The number of para-hydroxylation sites is 1. The zero-order valence-corrected chi connectivity index (χ0v) is 13.4. The Labute approximate surface area is 139 Å². The second kappa shape index (κ2) is 7.54.